The summed E-state index contributed by atoms with van der Waals surface area (Å²) in [6.45, 7) is 0. The van der Waals surface area contributed by atoms with Crippen molar-refractivity contribution in [1.82, 2.24) is 10.9 Å². The topological polar surface area (TPSA) is 169 Å². The first kappa shape index (κ1) is 35.2. The predicted octanol–water partition coefficient (Wildman–Crippen LogP) is 5.07. The fraction of sp³-hybridized carbons (Fsp3) is 0. The Morgan fingerprint density at radius 3 is 1.35 bits per heavy atom. The molecule has 0 unspecified atom stereocenters. The van der Waals surface area contributed by atoms with Crippen LogP contribution in [-0.2, 0) is 17.1 Å². The number of hydrazone groups is 2. The third-order valence-electron chi connectivity index (χ3n) is 5.11. The maximum absolute atomic E-state index is 11.8. The van der Waals surface area contributed by atoms with E-state index in [0.29, 0.717) is 0 Å². The Balaban J connectivity index is 0.000000293. The molecule has 10 nitrogen and oxygen atoms in total. The summed E-state index contributed by atoms with van der Waals surface area (Å²) in [5, 5.41) is 50.2. The molecule has 0 saturated heterocycles. The summed E-state index contributed by atoms with van der Waals surface area (Å²) in [7, 11) is 0. The summed E-state index contributed by atoms with van der Waals surface area (Å²) in [5.41, 5.74) is 4.83. The van der Waals surface area contributed by atoms with Gasteiger partial charge in [0.05, 0.1) is 23.6 Å². The molecule has 0 aliphatic heterocycles. The molecule has 43 heavy (non-hydrogen) atoms. The van der Waals surface area contributed by atoms with Crippen molar-refractivity contribution in [2.24, 2.45) is 10.2 Å². The van der Waals surface area contributed by atoms with Gasteiger partial charge in [0, 0.05) is 20.1 Å². The average Bonchev–Trinajstić information content (AvgIpc) is 2.94. The normalized spacial score (nSPS) is 10.5. The van der Waals surface area contributed by atoms with Gasteiger partial charge >= 0.3 is 17.1 Å². The summed E-state index contributed by atoms with van der Waals surface area (Å²) >= 11 is 22.9. The van der Waals surface area contributed by atoms with Gasteiger partial charge in [0.1, 0.15) is 11.5 Å². The predicted molar refractivity (Wildman–Crippen MR) is 158 cm³/mol. The number of phenols is 2. The summed E-state index contributed by atoms with van der Waals surface area (Å²) in [6, 6.07) is 17.4. The van der Waals surface area contributed by atoms with Crippen molar-refractivity contribution >= 4 is 70.6 Å². The molecule has 0 bridgehead atoms. The summed E-state index contributed by atoms with van der Waals surface area (Å²) < 4.78 is 0. The maximum Gasteiger partial charge on any atom is 2.00 e. The molecule has 0 fully saturated rings. The monoisotopic (exact) mass is 702 g/mol. The van der Waals surface area contributed by atoms with Gasteiger partial charge in [-0.25, -0.2) is 10.9 Å². The molecule has 15 heteroatoms. The maximum atomic E-state index is 11.8. The van der Waals surface area contributed by atoms with Crippen LogP contribution in [0.3, 0.4) is 0 Å². The molecule has 0 aromatic heterocycles. The van der Waals surface area contributed by atoms with Gasteiger partial charge in [-0.1, -0.05) is 82.2 Å². The Bertz CT molecular complexity index is 1560. The van der Waals surface area contributed by atoms with Crippen LogP contribution >= 0.6 is 46.4 Å². The number of rotatable bonds is 6. The Kier molecular flexibility index (Phi) is 13.6. The van der Waals surface area contributed by atoms with Gasteiger partial charge in [0.2, 0.25) is 0 Å². The summed E-state index contributed by atoms with van der Waals surface area (Å²) in [4.78, 5) is 23.5. The van der Waals surface area contributed by atoms with Crippen molar-refractivity contribution in [2.45, 2.75) is 0 Å². The minimum Gasteiger partial charge on any atom is -0.871 e. The van der Waals surface area contributed by atoms with Crippen LogP contribution in [0.2, 0.25) is 20.1 Å². The molecular weight excluding hydrogens is 686 g/mol. The van der Waals surface area contributed by atoms with Crippen molar-refractivity contribution in [2.75, 3.05) is 0 Å². The Hall–Kier alpha value is -3.96. The van der Waals surface area contributed by atoms with Crippen LogP contribution in [0.1, 0.15) is 31.8 Å². The smallest absolute Gasteiger partial charge is 0.871 e. The minimum absolute atomic E-state index is 0. The minimum atomic E-state index is -0.607. The number of phenolic OH excluding ortho intramolecular Hbond substituents is 2. The van der Waals surface area contributed by atoms with Gasteiger partial charge in [0.25, 0.3) is 11.8 Å². The van der Waals surface area contributed by atoms with Crippen LogP contribution in [0, 0.1) is 0 Å². The molecule has 0 atom stereocenters. The number of hydrogen-bond donors (Lipinski definition) is 4. The number of para-hydroxylation sites is 2. The molecular formula is C28H18Cl4FeN4O6. The molecule has 222 valence electrons. The van der Waals surface area contributed by atoms with Crippen LogP contribution in [-0.4, -0.2) is 34.5 Å². The van der Waals surface area contributed by atoms with E-state index in [-0.39, 0.29) is 70.9 Å². The van der Waals surface area contributed by atoms with Gasteiger partial charge in [-0.15, -0.1) is 0 Å². The molecule has 0 saturated carbocycles. The Labute approximate surface area is 275 Å². The first-order chi connectivity index (χ1) is 20.0. The zero-order valence-corrected chi connectivity index (χ0v) is 25.5. The Morgan fingerprint density at radius 2 is 1.00 bits per heavy atom. The molecule has 4 aromatic carbocycles. The third kappa shape index (κ3) is 10.1. The van der Waals surface area contributed by atoms with E-state index in [1.807, 2.05) is 0 Å². The van der Waals surface area contributed by atoms with Crippen LogP contribution in [0.15, 0.2) is 83.0 Å². The van der Waals surface area contributed by atoms with Crippen molar-refractivity contribution in [1.29, 1.82) is 0 Å². The van der Waals surface area contributed by atoms with Crippen molar-refractivity contribution in [3.8, 4) is 23.0 Å². The van der Waals surface area contributed by atoms with Crippen LogP contribution < -0.4 is 21.1 Å². The number of hydrogen-bond acceptors (Lipinski definition) is 8. The van der Waals surface area contributed by atoms with Crippen LogP contribution in [0.25, 0.3) is 0 Å². The molecule has 4 aromatic rings. The van der Waals surface area contributed by atoms with Crippen LogP contribution in [0.4, 0.5) is 0 Å². The second-order valence-corrected chi connectivity index (χ2v) is 9.73. The molecule has 0 radical (unpaired) electrons. The number of halogens is 4. The zero-order valence-electron chi connectivity index (χ0n) is 21.4. The van der Waals surface area contributed by atoms with Crippen molar-refractivity contribution in [3.05, 3.63) is 115 Å². The van der Waals surface area contributed by atoms with Crippen LogP contribution in [0.5, 0.6) is 23.0 Å². The van der Waals surface area contributed by atoms with E-state index in [1.165, 1.54) is 48.5 Å². The zero-order chi connectivity index (χ0) is 30.8. The average molecular weight is 704 g/mol. The Morgan fingerprint density at radius 1 is 0.651 bits per heavy atom. The number of nitrogens with zero attached hydrogens (tertiary/aromatic N) is 2. The quantitative estimate of drug-likeness (QED) is 0.124. The first-order valence-corrected chi connectivity index (χ1v) is 13.0. The molecule has 4 N–H and O–H groups in total. The van der Waals surface area contributed by atoms with E-state index in [0.717, 1.165) is 12.4 Å². The first-order valence-electron chi connectivity index (χ1n) is 11.5. The second kappa shape index (κ2) is 16.6. The second-order valence-electron chi connectivity index (χ2n) is 8.04. The fourth-order valence-corrected chi connectivity index (χ4v) is 4.14. The standard InChI is InChI=1S/2C14H10Cl2N2O3.Fe/c2*15-9-5-8(13(20)11(16)6-9)7-17-18-14(21)10-3-1-2-4-12(10)19;/h2*1-7,19-20H,(H,18,21);/q;;+2/p-2/b17-7+;17-7-;. The third-order valence-corrected chi connectivity index (χ3v) is 6.11. The number of nitrogens with one attached hydrogen (secondary N) is 2. The van der Waals surface area contributed by atoms with E-state index >= 15 is 0 Å². The molecule has 4 rings (SSSR count). The number of carbonyl (C=O) groups excluding carboxylic acids is 2. The molecule has 0 heterocycles. The van der Waals surface area contributed by atoms with Gasteiger partial charge in [-0.3, -0.25) is 9.59 Å². The van der Waals surface area contributed by atoms with E-state index in [2.05, 4.69) is 21.1 Å². The van der Waals surface area contributed by atoms with E-state index in [1.54, 1.807) is 24.3 Å². The molecule has 0 aliphatic rings. The van der Waals surface area contributed by atoms with E-state index in [9.17, 15) is 30.0 Å². The van der Waals surface area contributed by atoms with Crippen molar-refractivity contribution < 1.29 is 47.1 Å². The van der Waals surface area contributed by atoms with Crippen molar-refractivity contribution in [3.63, 3.8) is 0 Å². The summed E-state index contributed by atoms with van der Waals surface area (Å²) in [6.07, 6.45) is 2.27. The van der Waals surface area contributed by atoms with Gasteiger partial charge in [-0.05, 0) is 59.7 Å². The number of carbonyl (C=O) groups is 2. The number of amides is 2. The van der Waals surface area contributed by atoms with E-state index in [4.69, 9.17) is 46.4 Å². The largest absolute Gasteiger partial charge is 2.00 e. The summed E-state index contributed by atoms with van der Waals surface area (Å²) in [5.74, 6) is -2.43. The molecule has 0 aliphatic carbocycles. The molecule has 0 spiro atoms. The number of benzene rings is 4. The van der Waals surface area contributed by atoms with Gasteiger partial charge in [0.15, 0.2) is 0 Å². The molecule has 2 amide bonds. The van der Waals surface area contributed by atoms with Gasteiger partial charge in [-0.2, -0.15) is 10.2 Å². The van der Waals surface area contributed by atoms with E-state index < -0.39 is 23.3 Å². The SMILES string of the molecule is O=C(N/N=C/c1cc(Cl)cc(Cl)c1[O-])c1ccccc1O.O=C(N/N=C\c1cc(Cl)cc(Cl)c1[O-])c1ccccc1O.[Fe+2]. The van der Waals surface area contributed by atoms with Gasteiger partial charge < -0.3 is 20.4 Å². The fourth-order valence-electron chi connectivity index (χ4n) is 3.12. The number of aromatic hydroxyl groups is 2.